The number of hydrogen-bond acceptors (Lipinski definition) is 3. The van der Waals surface area contributed by atoms with Gasteiger partial charge in [-0.2, -0.15) is 0 Å². The van der Waals surface area contributed by atoms with Crippen LogP contribution in [0.3, 0.4) is 0 Å². The molecule has 0 aliphatic carbocycles. The standard InChI is InChI=1S/C15H22I2N2O.2ClH/c1-15(2,3)14(19-6-4-18-5-7-19)10-8-11(16)13(20)12(17)9-10;;/h8-9,14,18,20H,4-7H2,1-3H3;2*1H/t14-;;/m0../s1. The second-order valence-corrected chi connectivity index (χ2v) is 8.71. The summed E-state index contributed by atoms with van der Waals surface area (Å²) in [6, 6.07) is 4.65. The zero-order valence-electron chi connectivity index (χ0n) is 13.0. The van der Waals surface area contributed by atoms with E-state index in [1.54, 1.807) is 0 Å². The van der Waals surface area contributed by atoms with Crippen molar-refractivity contribution in [3.8, 4) is 5.75 Å². The van der Waals surface area contributed by atoms with E-state index in [0.717, 1.165) is 33.3 Å². The lowest BCUT2D eigenvalue weighted by Crippen LogP contribution is -2.48. The fraction of sp³-hybridized carbons (Fsp3) is 0.600. The molecule has 1 fully saturated rings. The number of rotatable bonds is 2. The molecule has 0 radical (unpaired) electrons. The van der Waals surface area contributed by atoms with Crippen molar-refractivity contribution < 1.29 is 5.11 Å². The number of phenolic OH excluding ortho intramolecular Hbond substituents is 1. The third-order valence-corrected chi connectivity index (χ3v) is 5.34. The first-order valence-electron chi connectivity index (χ1n) is 6.93. The minimum atomic E-state index is 0. The van der Waals surface area contributed by atoms with Crippen LogP contribution in [0.4, 0.5) is 0 Å². The first-order chi connectivity index (χ1) is 9.30. The molecule has 0 unspecified atom stereocenters. The van der Waals surface area contributed by atoms with Crippen molar-refractivity contribution in [2.24, 2.45) is 5.41 Å². The van der Waals surface area contributed by atoms with E-state index in [1.807, 2.05) is 0 Å². The number of benzene rings is 1. The van der Waals surface area contributed by atoms with Gasteiger partial charge in [0.05, 0.1) is 7.14 Å². The van der Waals surface area contributed by atoms with Gasteiger partial charge in [0.25, 0.3) is 0 Å². The molecule has 1 aromatic carbocycles. The van der Waals surface area contributed by atoms with Gasteiger partial charge in [0.15, 0.2) is 0 Å². The maximum Gasteiger partial charge on any atom is 0.142 e. The highest BCUT2D eigenvalue weighted by molar-refractivity contribution is 14.1. The first-order valence-corrected chi connectivity index (χ1v) is 9.09. The van der Waals surface area contributed by atoms with Crippen molar-refractivity contribution in [2.45, 2.75) is 26.8 Å². The van der Waals surface area contributed by atoms with Crippen LogP contribution in [-0.4, -0.2) is 36.2 Å². The van der Waals surface area contributed by atoms with Crippen LogP contribution >= 0.6 is 70.0 Å². The molecule has 1 aromatic rings. The molecule has 0 saturated carbocycles. The molecular weight excluding hydrogens is 549 g/mol. The molecule has 0 bridgehead atoms. The zero-order chi connectivity index (χ0) is 14.9. The predicted octanol–water partition coefficient (Wildman–Crippen LogP) is 4.44. The summed E-state index contributed by atoms with van der Waals surface area (Å²) in [6.45, 7) is 11.2. The van der Waals surface area contributed by atoms with E-state index < -0.39 is 0 Å². The largest absolute Gasteiger partial charge is 0.506 e. The Labute approximate surface area is 173 Å². The molecule has 0 spiro atoms. The van der Waals surface area contributed by atoms with E-state index in [0.29, 0.717) is 11.8 Å². The topological polar surface area (TPSA) is 35.5 Å². The second kappa shape index (κ2) is 9.46. The molecule has 7 heteroatoms. The molecule has 3 nitrogen and oxygen atoms in total. The average Bonchev–Trinajstić information content (AvgIpc) is 2.35. The van der Waals surface area contributed by atoms with Crippen molar-refractivity contribution in [2.75, 3.05) is 26.2 Å². The van der Waals surface area contributed by atoms with Gasteiger partial charge in [-0.3, -0.25) is 4.90 Å². The Balaban J connectivity index is 0.00000220. The van der Waals surface area contributed by atoms with Gasteiger partial charge < -0.3 is 10.4 Å². The number of aromatic hydroxyl groups is 1. The molecule has 1 aliphatic heterocycles. The maximum absolute atomic E-state index is 9.99. The second-order valence-electron chi connectivity index (χ2n) is 6.39. The third kappa shape index (κ3) is 5.51. The normalized spacial score (nSPS) is 17.3. The summed E-state index contributed by atoms with van der Waals surface area (Å²) >= 11 is 4.44. The minimum Gasteiger partial charge on any atom is -0.506 e. The number of phenols is 1. The quantitative estimate of drug-likeness (QED) is 0.515. The lowest BCUT2D eigenvalue weighted by Gasteiger charge is -2.42. The number of nitrogens with one attached hydrogen (secondary N) is 1. The van der Waals surface area contributed by atoms with E-state index in [4.69, 9.17) is 0 Å². The molecule has 2 N–H and O–H groups in total. The SMILES string of the molecule is CC(C)(C)[C@H](c1cc(I)c(O)c(I)c1)N1CCNCC1.Cl.Cl. The van der Waals surface area contributed by atoms with Crippen LogP contribution < -0.4 is 5.32 Å². The Morgan fingerprint density at radius 3 is 1.95 bits per heavy atom. The highest BCUT2D eigenvalue weighted by Gasteiger charge is 2.33. The van der Waals surface area contributed by atoms with Crippen LogP contribution in [0, 0.1) is 12.6 Å². The first kappa shape index (κ1) is 23.0. The van der Waals surface area contributed by atoms with Crippen LogP contribution in [0.5, 0.6) is 5.75 Å². The third-order valence-electron chi connectivity index (χ3n) is 3.69. The highest BCUT2D eigenvalue weighted by Crippen LogP contribution is 2.40. The Morgan fingerprint density at radius 2 is 1.55 bits per heavy atom. The molecule has 1 atom stereocenters. The van der Waals surface area contributed by atoms with E-state index in [9.17, 15) is 5.11 Å². The number of nitrogens with zero attached hydrogens (tertiary/aromatic N) is 1. The fourth-order valence-corrected chi connectivity index (χ4v) is 4.76. The summed E-state index contributed by atoms with van der Waals surface area (Å²) < 4.78 is 1.88. The highest BCUT2D eigenvalue weighted by atomic mass is 127. The number of hydrogen-bond donors (Lipinski definition) is 2. The summed E-state index contributed by atoms with van der Waals surface area (Å²) in [5, 5.41) is 13.4. The predicted molar refractivity (Wildman–Crippen MR) is 115 cm³/mol. The van der Waals surface area contributed by atoms with Gasteiger partial charge in [0.2, 0.25) is 0 Å². The smallest absolute Gasteiger partial charge is 0.142 e. The maximum atomic E-state index is 9.99. The lowest BCUT2D eigenvalue weighted by molar-refractivity contribution is 0.0861. The Hall–Kier alpha value is 0.980. The van der Waals surface area contributed by atoms with Gasteiger partial charge >= 0.3 is 0 Å². The van der Waals surface area contributed by atoms with Crippen LogP contribution in [0.2, 0.25) is 0 Å². The summed E-state index contributed by atoms with van der Waals surface area (Å²) in [5.41, 5.74) is 1.48. The van der Waals surface area contributed by atoms with Crippen molar-refractivity contribution in [3.05, 3.63) is 24.8 Å². The van der Waals surface area contributed by atoms with Crippen LogP contribution in [0.15, 0.2) is 12.1 Å². The monoisotopic (exact) mass is 572 g/mol. The minimum absolute atomic E-state index is 0. The Bertz CT molecular complexity index is 466. The fourth-order valence-electron chi connectivity index (χ4n) is 2.94. The summed E-state index contributed by atoms with van der Waals surface area (Å²) in [4.78, 5) is 2.56. The van der Waals surface area contributed by atoms with Crippen molar-refractivity contribution in [1.82, 2.24) is 10.2 Å². The molecule has 22 heavy (non-hydrogen) atoms. The molecule has 1 heterocycles. The number of piperazine rings is 1. The molecule has 0 amide bonds. The van der Waals surface area contributed by atoms with Crippen molar-refractivity contribution >= 4 is 70.0 Å². The van der Waals surface area contributed by atoms with E-state index in [-0.39, 0.29) is 30.2 Å². The van der Waals surface area contributed by atoms with Gasteiger partial charge in [-0.05, 0) is 68.3 Å². The van der Waals surface area contributed by atoms with Gasteiger partial charge in [-0.25, -0.2) is 0 Å². The Kier molecular flexibility index (Phi) is 9.88. The van der Waals surface area contributed by atoms with Crippen LogP contribution in [0.25, 0.3) is 0 Å². The molecule has 0 aromatic heterocycles. The summed E-state index contributed by atoms with van der Waals surface area (Å²) in [7, 11) is 0. The zero-order valence-corrected chi connectivity index (χ0v) is 19.0. The van der Waals surface area contributed by atoms with E-state index >= 15 is 0 Å². The van der Waals surface area contributed by atoms with Crippen LogP contribution in [0.1, 0.15) is 32.4 Å². The number of halogens is 4. The molecular formula is C15H24Cl2I2N2O. The van der Waals surface area contributed by atoms with Gasteiger partial charge in [-0.1, -0.05) is 20.8 Å². The summed E-state index contributed by atoms with van der Waals surface area (Å²) in [6.07, 6.45) is 0. The lowest BCUT2D eigenvalue weighted by atomic mass is 9.81. The van der Waals surface area contributed by atoms with Gasteiger partial charge in [-0.15, -0.1) is 24.8 Å². The Morgan fingerprint density at radius 1 is 1.09 bits per heavy atom. The van der Waals surface area contributed by atoms with Gasteiger partial charge in [0, 0.05) is 32.2 Å². The van der Waals surface area contributed by atoms with Gasteiger partial charge in [0.1, 0.15) is 5.75 Å². The molecule has 1 saturated heterocycles. The molecule has 2 rings (SSSR count). The molecule has 1 aliphatic rings. The van der Waals surface area contributed by atoms with Crippen LogP contribution in [-0.2, 0) is 0 Å². The van der Waals surface area contributed by atoms with Crippen molar-refractivity contribution in [1.29, 1.82) is 0 Å². The van der Waals surface area contributed by atoms with Crippen molar-refractivity contribution in [3.63, 3.8) is 0 Å². The van der Waals surface area contributed by atoms with E-state index in [1.165, 1.54) is 5.56 Å². The molecule has 128 valence electrons. The van der Waals surface area contributed by atoms with E-state index in [2.05, 4.69) is 88.3 Å². The summed E-state index contributed by atoms with van der Waals surface area (Å²) in [5.74, 6) is 0.405. The average molecular weight is 573 g/mol.